The number of carbonyl (C=O) groups is 2. The largest absolute Gasteiger partial charge is 0.337 e. The van der Waals surface area contributed by atoms with E-state index in [1.807, 2.05) is 11.4 Å². The summed E-state index contributed by atoms with van der Waals surface area (Å²) in [6, 6.07) is 9.33. The Morgan fingerprint density at radius 1 is 1.22 bits per heavy atom. The van der Waals surface area contributed by atoms with Crippen molar-refractivity contribution in [2.45, 2.75) is 12.8 Å². The predicted octanol–water partition coefficient (Wildman–Crippen LogP) is 3.38. The molecule has 1 fully saturated rings. The second kappa shape index (κ2) is 6.91. The highest BCUT2D eigenvalue weighted by Crippen LogP contribution is 2.22. The number of carbonyl (C=O) groups excluding carboxylic acids is 2. The Balaban J connectivity index is 1.62. The van der Waals surface area contributed by atoms with E-state index in [0.29, 0.717) is 23.7 Å². The Morgan fingerprint density at radius 2 is 2.00 bits per heavy atom. The van der Waals surface area contributed by atoms with Crippen molar-refractivity contribution in [1.29, 1.82) is 0 Å². The molecule has 0 spiro atoms. The molecule has 2 amide bonds. The van der Waals surface area contributed by atoms with E-state index in [1.54, 1.807) is 11.0 Å². The SMILES string of the molecule is O=C(Nc1ccc(F)cc1)[C@H]1CCCN(C(=O)c2cccs2)C1. The molecule has 120 valence electrons. The van der Waals surface area contributed by atoms with Gasteiger partial charge in [-0.15, -0.1) is 11.3 Å². The van der Waals surface area contributed by atoms with Crippen LogP contribution in [-0.2, 0) is 4.79 Å². The second-order valence-corrected chi connectivity index (χ2v) is 6.51. The van der Waals surface area contributed by atoms with Gasteiger partial charge >= 0.3 is 0 Å². The maximum Gasteiger partial charge on any atom is 0.263 e. The fourth-order valence-corrected chi connectivity index (χ4v) is 3.40. The zero-order chi connectivity index (χ0) is 16.2. The minimum Gasteiger partial charge on any atom is -0.337 e. The fraction of sp³-hybridized carbons (Fsp3) is 0.294. The van der Waals surface area contributed by atoms with Crippen LogP contribution in [0.3, 0.4) is 0 Å². The van der Waals surface area contributed by atoms with E-state index < -0.39 is 0 Å². The van der Waals surface area contributed by atoms with Gasteiger partial charge < -0.3 is 10.2 Å². The van der Waals surface area contributed by atoms with E-state index in [9.17, 15) is 14.0 Å². The third kappa shape index (κ3) is 3.76. The molecule has 0 aliphatic carbocycles. The lowest BCUT2D eigenvalue weighted by atomic mass is 9.97. The molecular formula is C17H17FN2O2S. The van der Waals surface area contributed by atoms with Crippen molar-refractivity contribution in [3.05, 3.63) is 52.5 Å². The van der Waals surface area contributed by atoms with Crippen molar-refractivity contribution in [1.82, 2.24) is 4.90 Å². The minimum absolute atomic E-state index is 0.0146. The van der Waals surface area contributed by atoms with Crippen LogP contribution in [0.2, 0.25) is 0 Å². The summed E-state index contributed by atoms with van der Waals surface area (Å²) in [4.78, 5) is 27.2. The van der Waals surface area contributed by atoms with Gasteiger partial charge in [0.15, 0.2) is 0 Å². The molecule has 3 rings (SSSR count). The zero-order valence-corrected chi connectivity index (χ0v) is 13.3. The Labute approximate surface area is 137 Å². The van der Waals surface area contributed by atoms with Crippen LogP contribution in [0.25, 0.3) is 0 Å². The van der Waals surface area contributed by atoms with Gasteiger partial charge in [-0.2, -0.15) is 0 Å². The minimum atomic E-state index is -0.339. The maximum absolute atomic E-state index is 12.9. The van der Waals surface area contributed by atoms with Crippen molar-refractivity contribution in [2.24, 2.45) is 5.92 Å². The molecule has 4 nitrogen and oxygen atoms in total. The summed E-state index contributed by atoms with van der Waals surface area (Å²) < 4.78 is 12.9. The molecule has 1 aromatic heterocycles. The maximum atomic E-state index is 12.9. The lowest BCUT2D eigenvalue weighted by Gasteiger charge is -2.31. The lowest BCUT2D eigenvalue weighted by Crippen LogP contribution is -2.43. The van der Waals surface area contributed by atoms with Crippen LogP contribution in [0.5, 0.6) is 0 Å². The van der Waals surface area contributed by atoms with Gasteiger partial charge in [0, 0.05) is 18.8 Å². The van der Waals surface area contributed by atoms with Gasteiger partial charge in [0.2, 0.25) is 5.91 Å². The molecule has 23 heavy (non-hydrogen) atoms. The first-order valence-corrected chi connectivity index (χ1v) is 8.40. The summed E-state index contributed by atoms with van der Waals surface area (Å²) in [7, 11) is 0. The molecule has 0 unspecified atom stereocenters. The molecule has 0 bridgehead atoms. The Kier molecular flexibility index (Phi) is 4.71. The van der Waals surface area contributed by atoms with Crippen molar-refractivity contribution >= 4 is 28.8 Å². The van der Waals surface area contributed by atoms with E-state index in [2.05, 4.69) is 5.32 Å². The molecule has 1 saturated heterocycles. The zero-order valence-electron chi connectivity index (χ0n) is 12.5. The van der Waals surface area contributed by atoms with Gasteiger partial charge in [-0.05, 0) is 48.6 Å². The molecule has 1 N–H and O–H groups in total. The van der Waals surface area contributed by atoms with Crippen molar-refractivity contribution < 1.29 is 14.0 Å². The normalized spacial score (nSPS) is 17.8. The molecule has 1 aromatic carbocycles. The number of halogens is 1. The first kappa shape index (κ1) is 15.7. The van der Waals surface area contributed by atoms with Crippen LogP contribution in [0.15, 0.2) is 41.8 Å². The Hall–Kier alpha value is -2.21. The standard InChI is InChI=1S/C17H17FN2O2S/c18-13-5-7-14(8-6-13)19-16(21)12-3-1-9-20(11-12)17(22)15-4-2-10-23-15/h2,4-8,10,12H,1,3,9,11H2,(H,19,21)/t12-/m0/s1. The van der Waals surface area contributed by atoms with Gasteiger partial charge in [-0.1, -0.05) is 6.07 Å². The Morgan fingerprint density at radius 3 is 2.70 bits per heavy atom. The number of rotatable bonds is 3. The number of benzene rings is 1. The van der Waals surface area contributed by atoms with Crippen LogP contribution in [0, 0.1) is 11.7 Å². The molecule has 6 heteroatoms. The number of likely N-dealkylation sites (tertiary alicyclic amines) is 1. The summed E-state index contributed by atoms with van der Waals surface area (Å²) in [5.74, 6) is -0.717. The highest BCUT2D eigenvalue weighted by Gasteiger charge is 2.29. The molecule has 1 aliphatic heterocycles. The summed E-state index contributed by atoms with van der Waals surface area (Å²) in [6.45, 7) is 1.10. The average Bonchev–Trinajstić information content (AvgIpc) is 3.11. The van der Waals surface area contributed by atoms with Gasteiger partial charge in [0.05, 0.1) is 10.8 Å². The summed E-state index contributed by atoms with van der Waals surface area (Å²) in [5, 5.41) is 4.66. The van der Waals surface area contributed by atoms with Gasteiger partial charge in [0.25, 0.3) is 5.91 Å². The summed E-state index contributed by atoms with van der Waals surface area (Å²) in [5.41, 5.74) is 0.568. The van der Waals surface area contributed by atoms with E-state index in [0.717, 1.165) is 12.8 Å². The van der Waals surface area contributed by atoms with E-state index in [4.69, 9.17) is 0 Å². The molecule has 2 heterocycles. The average molecular weight is 332 g/mol. The number of piperidine rings is 1. The van der Waals surface area contributed by atoms with Gasteiger partial charge in [-0.25, -0.2) is 4.39 Å². The van der Waals surface area contributed by atoms with E-state index in [1.165, 1.54) is 35.6 Å². The van der Waals surface area contributed by atoms with Crippen molar-refractivity contribution in [3.63, 3.8) is 0 Å². The highest BCUT2D eigenvalue weighted by molar-refractivity contribution is 7.12. The van der Waals surface area contributed by atoms with Gasteiger partial charge in [0.1, 0.15) is 5.82 Å². The summed E-state index contributed by atoms with van der Waals surface area (Å²) in [6.07, 6.45) is 1.56. The molecule has 1 atom stereocenters. The van der Waals surface area contributed by atoms with Crippen molar-refractivity contribution in [3.8, 4) is 0 Å². The number of nitrogens with one attached hydrogen (secondary N) is 1. The van der Waals surface area contributed by atoms with Crippen LogP contribution in [-0.4, -0.2) is 29.8 Å². The third-order valence-corrected chi connectivity index (χ3v) is 4.78. The molecule has 0 saturated carbocycles. The predicted molar refractivity (Wildman–Crippen MR) is 88.0 cm³/mol. The van der Waals surface area contributed by atoms with Crippen LogP contribution in [0.1, 0.15) is 22.5 Å². The van der Waals surface area contributed by atoms with Gasteiger partial charge in [-0.3, -0.25) is 9.59 Å². The van der Waals surface area contributed by atoms with E-state index in [-0.39, 0.29) is 23.5 Å². The number of nitrogens with zero attached hydrogens (tertiary/aromatic N) is 1. The molecule has 0 radical (unpaired) electrons. The molecule has 1 aliphatic rings. The summed E-state index contributed by atoms with van der Waals surface area (Å²) >= 11 is 1.41. The van der Waals surface area contributed by atoms with Crippen LogP contribution < -0.4 is 5.32 Å². The number of thiophene rings is 1. The second-order valence-electron chi connectivity index (χ2n) is 5.56. The molecular weight excluding hydrogens is 315 g/mol. The quantitative estimate of drug-likeness (QED) is 0.937. The van der Waals surface area contributed by atoms with Crippen LogP contribution >= 0.6 is 11.3 Å². The van der Waals surface area contributed by atoms with Crippen LogP contribution in [0.4, 0.5) is 10.1 Å². The number of hydrogen-bond donors (Lipinski definition) is 1. The topological polar surface area (TPSA) is 49.4 Å². The molecule has 2 aromatic rings. The smallest absolute Gasteiger partial charge is 0.263 e. The first-order chi connectivity index (χ1) is 11.1. The monoisotopic (exact) mass is 332 g/mol. The fourth-order valence-electron chi connectivity index (χ4n) is 2.71. The number of anilines is 1. The first-order valence-electron chi connectivity index (χ1n) is 7.52. The Bertz CT molecular complexity index is 685. The highest BCUT2D eigenvalue weighted by atomic mass is 32.1. The number of hydrogen-bond acceptors (Lipinski definition) is 3. The van der Waals surface area contributed by atoms with Crippen molar-refractivity contribution in [2.75, 3.05) is 18.4 Å². The third-order valence-electron chi connectivity index (χ3n) is 3.92. The van der Waals surface area contributed by atoms with E-state index >= 15 is 0 Å². The lowest BCUT2D eigenvalue weighted by molar-refractivity contribution is -0.121. The number of amides is 2.